The van der Waals surface area contributed by atoms with Gasteiger partial charge in [0.25, 0.3) is 0 Å². The van der Waals surface area contributed by atoms with Gasteiger partial charge in [0.1, 0.15) is 36.2 Å². The molecule has 2 aromatic heterocycles. The van der Waals surface area contributed by atoms with Crippen molar-refractivity contribution in [1.29, 1.82) is 0 Å². The zero-order chi connectivity index (χ0) is 27.2. The molecule has 0 aliphatic carbocycles. The molecule has 14 heteroatoms. The lowest BCUT2D eigenvalue weighted by molar-refractivity contribution is -0.138. The molecule has 0 amide bonds. The van der Waals surface area contributed by atoms with Gasteiger partial charge in [-0.05, 0) is 37.1 Å². The van der Waals surface area contributed by atoms with Gasteiger partial charge in [0.2, 0.25) is 0 Å². The van der Waals surface area contributed by atoms with E-state index < -0.39 is 36.6 Å². The van der Waals surface area contributed by atoms with Gasteiger partial charge in [-0.1, -0.05) is 23.7 Å². The van der Waals surface area contributed by atoms with Gasteiger partial charge in [-0.15, -0.1) is 0 Å². The van der Waals surface area contributed by atoms with E-state index in [0.29, 0.717) is 35.8 Å². The summed E-state index contributed by atoms with van der Waals surface area (Å²) in [5.74, 6) is -0.880. The summed E-state index contributed by atoms with van der Waals surface area (Å²) >= 11 is 5.94. The number of anilines is 1. The average Bonchev–Trinajstić information content (AvgIpc) is 3.45. The number of carboxylic acids is 1. The molecule has 1 aliphatic heterocycles. The first-order valence-electron chi connectivity index (χ1n) is 12.3. The van der Waals surface area contributed by atoms with Crippen LogP contribution in [0.2, 0.25) is 5.02 Å². The summed E-state index contributed by atoms with van der Waals surface area (Å²) in [7, 11) is 0. The quantitative estimate of drug-likeness (QED) is 0.151. The van der Waals surface area contributed by atoms with E-state index in [-0.39, 0.29) is 18.8 Å². The van der Waals surface area contributed by atoms with Crippen molar-refractivity contribution in [3.8, 4) is 0 Å². The molecule has 0 saturated carbocycles. The number of aliphatic hydroxyl groups excluding tert-OH is 2. The Morgan fingerprint density at radius 1 is 1.16 bits per heavy atom. The largest absolute Gasteiger partial charge is 0.480 e. The number of carbonyl (C=O) groups is 1. The molecular weight excluding hydrogens is 516 g/mol. The van der Waals surface area contributed by atoms with Gasteiger partial charge < -0.3 is 36.8 Å². The molecule has 5 atom stereocenters. The molecule has 4 rings (SSSR count). The molecule has 1 unspecified atom stereocenters. The van der Waals surface area contributed by atoms with Crippen molar-refractivity contribution < 1.29 is 24.9 Å². The highest BCUT2D eigenvalue weighted by Crippen LogP contribution is 2.32. The van der Waals surface area contributed by atoms with Crippen molar-refractivity contribution in [2.45, 2.75) is 43.4 Å². The number of rotatable bonds is 13. The number of carboxylic acid groups (broad SMARTS) is 1. The van der Waals surface area contributed by atoms with Crippen molar-refractivity contribution >= 4 is 34.6 Å². The van der Waals surface area contributed by atoms with E-state index in [1.165, 1.54) is 17.2 Å². The lowest BCUT2D eigenvalue weighted by Gasteiger charge is -2.27. The van der Waals surface area contributed by atoms with E-state index in [1.54, 1.807) is 0 Å². The predicted octanol–water partition coefficient (Wildman–Crippen LogP) is -0.383. The van der Waals surface area contributed by atoms with Crippen LogP contribution in [0.4, 0.5) is 5.82 Å². The fourth-order valence-corrected chi connectivity index (χ4v) is 4.53. The predicted molar refractivity (Wildman–Crippen MR) is 140 cm³/mol. The van der Waals surface area contributed by atoms with Crippen molar-refractivity contribution in [3.05, 3.63) is 47.5 Å². The van der Waals surface area contributed by atoms with Gasteiger partial charge in [-0.3, -0.25) is 14.3 Å². The number of aliphatic carboxylic acids is 1. The molecule has 3 aromatic rings. The SMILES string of the molecule is Nc1ncnc2c1ncn2C1O[C@H](CN(CCNCCc2ccc(Cl)cc2)CC[C@H](N)C(=O)O)[C@@H](O)[C@H]1O. The third-order valence-corrected chi connectivity index (χ3v) is 6.87. The summed E-state index contributed by atoms with van der Waals surface area (Å²) in [5, 5.41) is 34.8. The molecule has 0 radical (unpaired) electrons. The fourth-order valence-electron chi connectivity index (χ4n) is 4.41. The maximum absolute atomic E-state index is 11.2. The number of ether oxygens (including phenoxy) is 1. The summed E-state index contributed by atoms with van der Waals surface area (Å²) in [4.78, 5) is 25.5. The average molecular weight is 549 g/mol. The highest BCUT2D eigenvalue weighted by molar-refractivity contribution is 6.30. The topological polar surface area (TPSA) is 198 Å². The summed E-state index contributed by atoms with van der Waals surface area (Å²) in [6, 6.07) is 6.66. The minimum absolute atomic E-state index is 0.197. The van der Waals surface area contributed by atoms with Crippen LogP contribution in [0.5, 0.6) is 0 Å². The third-order valence-electron chi connectivity index (χ3n) is 6.62. The zero-order valence-electron chi connectivity index (χ0n) is 20.7. The monoisotopic (exact) mass is 548 g/mol. The van der Waals surface area contributed by atoms with Crippen molar-refractivity contribution in [1.82, 2.24) is 29.7 Å². The molecule has 3 heterocycles. The molecule has 1 aromatic carbocycles. The second-order valence-electron chi connectivity index (χ2n) is 9.29. The van der Waals surface area contributed by atoms with Gasteiger partial charge in [0.05, 0.1) is 6.33 Å². The number of nitrogens with two attached hydrogens (primary N) is 2. The smallest absolute Gasteiger partial charge is 0.320 e. The van der Waals surface area contributed by atoms with Crippen LogP contribution in [0.25, 0.3) is 11.2 Å². The fraction of sp³-hybridized carbons (Fsp3) is 0.500. The number of halogens is 1. The number of fused-ring (bicyclic) bond motifs is 1. The third kappa shape index (κ3) is 6.74. The van der Waals surface area contributed by atoms with E-state index >= 15 is 0 Å². The number of hydrogen-bond donors (Lipinski definition) is 6. The van der Waals surface area contributed by atoms with Crippen LogP contribution >= 0.6 is 11.6 Å². The zero-order valence-corrected chi connectivity index (χ0v) is 21.5. The number of nitrogens with one attached hydrogen (secondary N) is 1. The Bertz CT molecular complexity index is 1210. The van der Waals surface area contributed by atoms with Crippen LogP contribution in [0.15, 0.2) is 36.9 Å². The Balaban J connectivity index is 1.36. The van der Waals surface area contributed by atoms with Crippen LogP contribution in [0, 0.1) is 0 Å². The van der Waals surface area contributed by atoms with Crippen LogP contribution < -0.4 is 16.8 Å². The lowest BCUT2D eigenvalue weighted by Crippen LogP contribution is -2.44. The minimum Gasteiger partial charge on any atom is -0.480 e. The standard InChI is InChI=1S/C24H33ClN8O5/c25-15-3-1-14(2-4-15)5-7-28-8-10-32(9-6-16(26)24(36)37)11-17-19(34)20(35)23(38-17)33-13-31-18-21(27)29-12-30-22(18)33/h1-4,12-13,16-17,19-20,23,28,34-35H,5-11,26H2,(H,36,37)(H2,27,29,30)/t16-,17+,19+,20+,23?/m0/s1. The first-order chi connectivity index (χ1) is 18.2. The highest BCUT2D eigenvalue weighted by atomic mass is 35.5. The Morgan fingerprint density at radius 2 is 1.92 bits per heavy atom. The molecule has 38 heavy (non-hydrogen) atoms. The van der Waals surface area contributed by atoms with Gasteiger partial charge in [0, 0.05) is 31.2 Å². The Kier molecular flexibility index (Phi) is 9.44. The van der Waals surface area contributed by atoms with Crippen molar-refractivity contribution in [2.24, 2.45) is 5.73 Å². The maximum atomic E-state index is 11.2. The second-order valence-corrected chi connectivity index (χ2v) is 9.73. The normalized spacial score (nSPS) is 22.3. The van der Waals surface area contributed by atoms with E-state index in [4.69, 9.17) is 27.8 Å². The lowest BCUT2D eigenvalue weighted by atomic mass is 10.1. The minimum atomic E-state index is -1.24. The Morgan fingerprint density at radius 3 is 2.66 bits per heavy atom. The molecule has 1 fully saturated rings. The summed E-state index contributed by atoms with van der Waals surface area (Å²) < 4.78 is 7.58. The van der Waals surface area contributed by atoms with E-state index in [0.717, 1.165) is 18.5 Å². The number of benzene rings is 1. The van der Waals surface area contributed by atoms with Gasteiger partial charge in [0.15, 0.2) is 17.7 Å². The van der Waals surface area contributed by atoms with Crippen molar-refractivity contribution in [2.75, 3.05) is 38.5 Å². The van der Waals surface area contributed by atoms with Crippen LogP contribution in [-0.2, 0) is 16.0 Å². The number of imidazole rings is 1. The summed E-state index contributed by atoms with van der Waals surface area (Å²) in [6.07, 6.45) is -0.342. The number of hydrogen-bond acceptors (Lipinski definition) is 11. The molecule has 0 bridgehead atoms. The number of nitrogen functional groups attached to an aromatic ring is 1. The van der Waals surface area contributed by atoms with E-state index in [9.17, 15) is 20.1 Å². The van der Waals surface area contributed by atoms with E-state index in [2.05, 4.69) is 20.3 Å². The number of nitrogens with zero attached hydrogens (tertiary/aromatic N) is 5. The first-order valence-corrected chi connectivity index (χ1v) is 12.7. The Hall–Kier alpha value is -2.91. The molecule has 1 aliphatic rings. The van der Waals surface area contributed by atoms with E-state index in [1.807, 2.05) is 29.2 Å². The van der Waals surface area contributed by atoms with Crippen LogP contribution in [-0.4, -0.2) is 103 Å². The summed E-state index contributed by atoms with van der Waals surface area (Å²) in [6.45, 7) is 2.54. The number of aromatic nitrogens is 4. The van der Waals surface area contributed by atoms with Crippen molar-refractivity contribution in [3.63, 3.8) is 0 Å². The summed E-state index contributed by atoms with van der Waals surface area (Å²) in [5.41, 5.74) is 13.5. The second kappa shape index (κ2) is 12.8. The molecule has 8 N–H and O–H groups in total. The maximum Gasteiger partial charge on any atom is 0.320 e. The Labute approximate surface area is 224 Å². The molecule has 206 valence electrons. The molecule has 13 nitrogen and oxygen atoms in total. The first kappa shape index (κ1) is 28.1. The highest BCUT2D eigenvalue weighted by Gasteiger charge is 2.44. The van der Waals surface area contributed by atoms with Gasteiger partial charge >= 0.3 is 5.97 Å². The van der Waals surface area contributed by atoms with Gasteiger partial charge in [-0.25, -0.2) is 15.0 Å². The van der Waals surface area contributed by atoms with Gasteiger partial charge in [-0.2, -0.15) is 0 Å². The molecule has 1 saturated heterocycles. The molecular formula is C24H33ClN8O5. The van der Waals surface area contributed by atoms with Crippen LogP contribution in [0.3, 0.4) is 0 Å². The number of aliphatic hydroxyl groups is 2. The molecule has 0 spiro atoms. The van der Waals surface area contributed by atoms with Crippen LogP contribution in [0.1, 0.15) is 18.2 Å².